The van der Waals surface area contributed by atoms with Crippen LogP contribution in [0.3, 0.4) is 0 Å². The van der Waals surface area contributed by atoms with E-state index in [1.165, 1.54) is 21.8 Å². The van der Waals surface area contributed by atoms with E-state index in [9.17, 15) is 9.59 Å². The first-order valence-corrected chi connectivity index (χ1v) is 9.87. The minimum absolute atomic E-state index is 0.269. The summed E-state index contributed by atoms with van der Waals surface area (Å²) in [5.41, 5.74) is 0.678. The van der Waals surface area contributed by atoms with Gasteiger partial charge in [0.05, 0.1) is 18.8 Å². The Kier molecular flexibility index (Phi) is 5.93. The maximum absolute atomic E-state index is 12.7. The monoisotopic (exact) mass is 401 g/mol. The first kappa shape index (κ1) is 19.8. The van der Waals surface area contributed by atoms with Crippen LogP contribution in [-0.4, -0.2) is 40.5 Å². The van der Waals surface area contributed by atoms with Crippen molar-refractivity contribution in [2.24, 2.45) is 0 Å². The fourth-order valence-electron chi connectivity index (χ4n) is 2.97. The van der Waals surface area contributed by atoms with Crippen LogP contribution in [-0.2, 0) is 6.54 Å². The van der Waals surface area contributed by atoms with Crippen LogP contribution in [0.5, 0.6) is 5.75 Å². The Morgan fingerprint density at radius 3 is 2.89 bits per heavy atom. The molecule has 148 valence electrons. The number of hydrogen-bond acceptors (Lipinski definition) is 7. The molecule has 9 heteroatoms. The maximum atomic E-state index is 12.7. The molecule has 0 saturated heterocycles. The smallest absolute Gasteiger partial charge is 0.269 e. The van der Waals surface area contributed by atoms with Gasteiger partial charge >= 0.3 is 0 Å². The van der Waals surface area contributed by atoms with Gasteiger partial charge in [-0.15, -0.1) is 11.3 Å². The molecule has 8 nitrogen and oxygen atoms in total. The molecule has 0 saturated carbocycles. The Morgan fingerprint density at radius 2 is 2.18 bits per heavy atom. The molecular weight excluding hydrogens is 378 g/mol. The number of amides is 1. The van der Waals surface area contributed by atoms with E-state index in [0.717, 1.165) is 4.88 Å². The molecule has 1 amide bonds. The largest absolute Gasteiger partial charge is 0.490 e. The number of carbonyl (C=O) groups excluding carboxylic acids is 1. The van der Waals surface area contributed by atoms with Crippen molar-refractivity contribution in [2.75, 3.05) is 25.1 Å². The van der Waals surface area contributed by atoms with Crippen LogP contribution < -0.4 is 20.5 Å². The van der Waals surface area contributed by atoms with E-state index < -0.39 is 0 Å². The van der Waals surface area contributed by atoms with Gasteiger partial charge in [0, 0.05) is 30.7 Å². The fraction of sp³-hybridized carbons (Fsp3) is 0.368. The third-order valence-electron chi connectivity index (χ3n) is 4.11. The van der Waals surface area contributed by atoms with Gasteiger partial charge in [-0.1, -0.05) is 0 Å². The highest BCUT2D eigenvalue weighted by atomic mass is 32.1. The third-order valence-corrected chi connectivity index (χ3v) is 5.06. The molecular formula is C19H23N5O3S. The van der Waals surface area contributed by atoms with E-state index in [-0.39, 0.29) is 11.5 Å². The summed E-state index contributed by atoms with van der Waals surface area (Å²) in [4.78, 5) is 37.1. The average Bonchev–Trinajstić information content (AvgIpc) is 2.99. The number of hydrogen-bond donors (Lipinski definition) is 1. The Morgan fingerprint density at radius 1 is 1.39 bits per heavy atom. The Labute approximate surface area is 166 Å². The second-order valence-electron chi connectivity index (χ2n) is 6.18. The van der Waals surface area contributed by atoms with E-state index in [4.69, 9.17) is 4.74 Å². The molecule has 0 aliphatic heterocycles. The SMILES string of the molecule is CCNC(=O)c1c(C)sc2nc(CN(C)c3ncccc3OCC)cc(=O)n12. The van der Waals surface area contributed by atoms with Crippen LogP contribution in [0.2, 0.25) is 0 Å². The van der Waals surface area contributed by atoms with Gasteiger partial charge in [0.2, 0.25) is 0 Å². The number of aromatic nitrogens is 3. The van der Waals surface area contributed by atoms with Crippen molar-refractivity contribution in [3.8, 4) is 5.75 Å². The fourth-order valence-corrected chi connectivity index (χ4v) is 3.96. The Hall–Kier alpha value is -2.94. The van der Waals surface area contributed by atoms with Crippen LogP contribution in [0.25, 0.3) is 4.96 Å². The molecule has 0 radical (unpaired) electrons. The van der Waals surface area contributed by atoms with E-state index >= 15 is 0 Å². The van der Waals surface area contributed by atoms with Gasteiger partial charge in [0.1, 0.15) is 5.69 Å². The highest BCUT2D eigenvalue weighted by Gasteiger charge is 2.19. The number of nitrogens with one attached hydrogen (secondary N) is 1. The lowest BCUT2D eigenvalue weighted by Gasteiger charge is -2.20. The molecule has 3 aromatic rings. The predicted molar refractivity (Wildman–Crippen MR) is 110 cm³/mol. The number of thiazole rings is 1. The quantitative estimate of drug-likeness (QED) is 0.653. The number of nitrogens with zero attached hydrogens (tertiary/aromatic N) is 4. The predicted octanol–water partition coefficient (Wildman–Crippen LogP) is 2.24. The molecule has 0 spiro atoms. The third kappa shape index (κ3) is 3.84. The first-order chi connectivity index (χ1) is 13.5. The summed E-state index contributed by atoms with van der Waals surface area (Å²) in [5, 5.41) is 2.74. The van der Waals surface area contributed by atoms with Crippen molar-refractivity contribution in [2.45, 2.75) is 27.3 Å². The van der Waals surface area contributed by atoms with Crippen molar-refractivity contribution in [1.29, 1.82) is 0 Å². The molecule has 1 N–H and O–H groups in total. The molecule has 3 rings (SSSR count). The minimum Gasteiger partial charge on any atom is -0.490 e. The second kappa shape index (κ2) is 8.39. The molecule has 3 heterocycles. The summed E-state index contributed by atoms with van der Waals surface area (Å²) in [6.45, 7) is 6.99. The van der Waals surface area contributed by atoms with E-state index in [0.29, 0.717) is 47.6 Å². The number of anilines is 1. The summed E-state index contributed by atoms with van der Waals surface area (Å²) >= 11 is 1.33. The number of carbonyl (C=O) groups is 1. The molecule has 0 fully saturated rings. The van der Waals surface area contributed by atoms with Gasteiger partial charge < -0.3 is 15.0 Å². The van der Waals surface area contributed by atoms with Gasteiger partial charge in [-0.25, -0.2) is 14.4 Å². The second-order valence-corrected chi connectivity index (χ2v) is 7.37. The lowest BCUT2D eigenvalue weighted by Crippen LogP contribution is -2.29. The van der Waals surface area contributed by atoms with Gasteiger partial charge in [-0.3, -0.25) is 9.59 Å². The summed E-state index contributed by atoms with van der Waals surface area (Å²) in [6.07, 6.45) is 1.70. The number of ether oxygens (including phenoxy) is 1. The summed E-state index contributed by atoms with van der Waals surface area (Å²) in [7, 11) is 1.87. The van der Waals surface area contributed by atoms with Crippen LogP contribution in [0.4, 0.5) is 5.82 Å². The number of aryl methyl sites for hydroxylation is 1. The van der Waals surface area contributed by atoms with Gasteiger partial charge in [0.25, 0.3) is 11.5 Å². The molecule has 0 aromatic carbocycles. The lowest BCUT2D eigenvalue weighted by atomic mass is 10.3. The summed E-state index contributed by atoms with van der Waals surface area (Å²) in [5.74, 6) is 1.09. The van der Waals surface area contributed by atoms with Gasteiger partial charge in [-0.2, -0.15) is 0 Å². The molecule has 0 bridgehead atoms. The van der Waals surface area contributed by atoms with E-state index in [1.54, 1.807) is 6.20 Å². The van der Waals surface area contributed by atoms with Crippen LogP contribution >= 0.6 is 11.3 Å². The van der Waals surface area contributed by atoms with Crippen molar-refractivity contribution >= 4 is 28.0 Å². The van der Waals surface area contributed by atoms with Crippen LogP contribution in [0.1, 0.15) is 34.9 Å². The van der Waals surface area contributed by atoms with Crippen molar-refractivity contribution in [3.63, 3.8) is 0 Å². The number of pyridine rings is 1. The standard InChI is InChI=1S/C19H23N5O3S/c1-5-20-18(26)16-12(3)28-19-22-13(10-15(25)24(16)19)11-23(4)17-14(27-6-2)8-7-9-21-17/h7-10H,5-6,11H2,1-4H3,(H,20,26). The molecule has 0 aliphatic carbocycles. The van der Waals surface area contributed by atoms with Crippen molar-refractivity contribution < 1.29 is 9.53 Å². The zero-order valence-corrected chi connectivity index (χ0v) is 17.2. The van der Waals surface area contributed by atoms with Gasteiger partial charge in [-0.05, 0) is 32.9 Å². The van der Waals surface area contributed by atoms with Gasteiger partial charge in [0.15, 0.2) is 16.5 Å². The van der Waals surface area contributed by atoms with Crippen LogP contribution in [0.15, 0.2) is 29.2 Å². The average molecular weight is 401 g/mol. The zero-order chi connectivity index (χ0) is 20.3. The Balaban J connectivity index is 1.95. The van der Waals surface area contributed by atoms with Crippen LogP contribution in [0, 0.1) is 6.92 Å². The van der Waals surface area contributed by atoms with E-state index in [1.807, 2.05) is 44.9 Å². The number of fused-ring (bicyclic) bond motifs is 1. The zero-order valence-electron chi connectivity index (χ0n) is 16.4. The van der Waals surface area contributed by atoms with E-state index in [2.05, 4.69) is 15.3 Å². The highest BCUT2D eigenvalue weighted by molar-refractivity contribution is 7.17. The molecule has 0 aliphatic rings. The Bertz CT molecular complexity index is 1060. The lowest BCUT2D eigenvalue weighted by molar-refractivity contribution is 0.0949. The first-order valence-electron chi connectivity index (χ1n) is 9.05. The number of rotatable bonds is 7. The molecule has 28 heavy (non-hydrogen) atoms. The minimum atomic E-state index is -0.273. The molecule has 0 unspecified atom stereocenters. The normalized spacial score (nSPS) is 10.9. The molecule has 3 aromatic heterocycles. The maximum Gasteiger partial charge on any atom is 0.269 e. The highest BCUT2D eigenvalue weighted by Crippen LogP contribution is 2.25. The van der Waals surface area contributed by atoms with Crippen molar-refractivity contribution in [1.82, 2.24) is 19.7 Å². The summed E-state index contributed by atoms with van der Waals surface area (Å²) < 4.78 is 7.00. The van der Waals surface area contributed by atoms with Crippen molar-refractivity contribution in [3.05, 3.63) is 51.0 Å². The topological polar surface area (TPSA) is 88.8 Å². The molecule has 0 atom stereocenters. The summed E-state index contributed by atoms with van der Waals surface area (Å²) in [6, 6.07) is 5.13.